The summed E-state index contributed by atoms with van der Waals surface area (Å²) in [5.41, 5.74) is 0.646. The lowest BCUT2D eigenvalue weighted by Gasteiger charge is -2.33. The maximum atomic E-state index is 12.3. The van der Waals surface area contributed by atoms with E-state index in [4.69, 9.17) is 25.8 Å². The van der Waals surface area contributed by atoms with Crippen LogP contribution in [0.3, 0.4) is 0 Å². The predicted molar refractivity (Wildman–Crippen MR) is 77.4 cm³/mol. The topological polar surface area (TPSA) is 44.8 Å². The maximum absolute atomic E-state index is 12.3. The Morgan fingerprint density at radius 3 is 2.70 bits per heavy atom. The fourth-order valence-electron chi connectivity index (χ4n) is 2.37. The Bertz CT molecular complexity index is 537. The molecule has 1 heterocycles. The first-order valence-electron chi connectivity index (χ1n) is 6.58. The van der Waals surface area contributed by atoms with Crippen molar-refractivity contribution in [1.29, 1.82) is 0 Å². The molecule has 0 radical (unpaired) electrons. The smallest absolute Gasteiger partial charge is 0.170 e. The lowest BCUT2D eigenvalue weighted by molar-refractivity contribution is 0.0611. The van der Waals surface area contributed by atoms with Crippen molar-refractivity contribution in [2.75, 3.05) is 13.7 Å². The third-order valence-corrected chi connectivity index (χ3v) is 3.47. The molecule has 0 bridgehead atoms. The van der Waals surface area contributed by atoms with Gasteiger partial charge in [0.2, 0.25) is 0 Å². The van der Waals surface area contributed by atoms with Crippen molar-refractivity contribution < 1.29 is 19.0 Å². The molecule has 0 aromatic heterocycles. The Morgan fingerprint density at radius 2 is 2.15 bits per heavy atom. The van der Waals surface area contributed by atoms with Crippen LogP contribution in [0.2, 0.25) is 0 Å². The number of rotatable bonds is 4. The Balaban J connectivity index is 2.67. The van der Waals surface area contributed by atoms with Crippen LogP contribution in [-0.4, -0.2) is 25.1 Å². The Labute approximate surface area is 124 Å². The van der Waals surface area contributed by atoms with Gasteiger partial charge in [-0.1, -0.05) is 0 Å². The van der Waals surface area contributed by atoms with Gasteiger partial charge in [0.05, 0.1) is 37.1 Å². The number of halogens is 1. The molecule has 1 aromatic carbocycles. The third kappa shape index (κ3) is 2.57. The highest BCUT2D eigenvalue weighted by molar-refractivity contribution is 6.18. The number of benzene rings is 1. The fourth-order valence-corrected chi connectivity index (χ4v) is 2.61. The first kappa shape index (κ1) is 15.0. The molecule has 1 aliphatic heterocycles. The van der Waals surface area contributed by atoms with E-state index in [0.717, 1.165) is 0 Å². The van der Waals surface area contributed by atoms with E-state index in [2.05, 4.69) is 0 Å². The summed E-state index contributed by atoms with van der Waals surface area (Å²) in [6.45, 7) is 6.14. The number of hydrogen-bond acceptors (Lipinski definition) is 4. The number of methoxy groups -OCH3 is 1. The summed E-state index contributed by atoms with van der Waals surface area (Å²) in [5.74, 6) is 1.81. The van der Waals surface area contributed by atoms with E-state index in [1.807, 2.05) is 20.8 Å². The van der Waals surface area contributed by atoms with Gasteiger partial charge in [0, 0.05) is 0 Å². The summed E-state index contributed by atoms with van der Waals surface area (Å²) in [6.07, 6.45) is 0.332. The monoisotopic (exact) mass is 298 g/mol. The van der Waals surface area contributed by atoms with Crippen LogP contribution in [0.15, 0.2) is 6.07 Å². The standard InChI is InChI=1S/C15H19ClO4/c1-5-19-14-10(8-16)13-9(6-12(14)18-4)11(17)7-15(2,3)20-13/h6H,5,7-8H2,1-4H3. The number of ether oxygens (including phenoxy) is 3. The van der Waals surface area contributed by atoms with Crippen molar-refractivity contribution in [1.82, 2.24) is 0 Å². The van der Waals surface area contributed by atoms with Crippen molar-refractivity contribution in [2.24, 2.45) is 0 Å². The number of carbonyl (C=O) groups is 1. The van der Waals surface area contributed by atoms with Crippen molar-refractivity contribution in [3.05, 3.63) is 17.2 Å². The molecule has 0 N–H and O–H groups in total. The fraction of sp³-hybridized carbons (Fsp3) is 0.533. The molecule has 2 rings (SSSR count). The number of Topliss-reactive ketones (excluding diaryl/α,β-unsaturated/α-hetero) is 1. The second-order valence-electron chi connectivity index (χ2n) is 5.29. The van der Waals surface area contributed by atoms with Crippen LogP contribution in [0.1, 0.15) is 43.1 Å². The van der Waals surface area contributed by atoms with Gasteiger partial charge in [0.15, 0.2) is 17.3 Å². The molecular formula is C15H19ClO4. The highest BCUT2D eigenvalue weighted by Gasteiger charge is 2.36. The minimum absolute atomic E-state index is 0.0314. The van der Waals surface area contributed by atoms with Gasteiger partial charge < -0.3 is 14.2 Å². The van der Waals surface area contributed by atoms with Crippen LogP contribution in [0.25, 0.3) is 0 Å². The van der Waals surface area contributed by atoms with Crippen LogP contribution >= 0.6 is 11.6 Å². The lowest BCUT2D eigenvalue weighted by atomic mass is 9.91. The van der Waals surface area contributed by atoms with Crippen LogP contribution in [0, 0.1) is 0 Å². The van der Waals surface area contributed by atoms with Crippen LogP contribution < -0.4 is 14.2 Å². The zero-order valence-electron chi connectivity index (χ0n) is 12.2. The van der Waals surface area contributed by atoms with Gasteiger partial charge >= 0.3 is 0 Å². The summed E-state index contributed by atoms with van der Waals surface area (Å²) in [7, 11) is 1.54. The normalized spacial score (nSPS) is 16.4. The van der Waals surface area contributed by atoms with Crippen LogP contribution in [-0.2, 0) is 5.88 Å². The summed E-state index contributed by atoms with van der Waals surface area (Å²) < 4.78 is 16.9. The zero-order valence-corrected chi connectivity index (χ0v) is 13.0. The second kappa shape index (κ2) is 5.52. The molecule has 5 heteroatoms. The second-order valence-corrected chi connectivity index (χ2v) is 5.56. The molecule has 0 unspecified atom stereocenters. The Morgan fingerprint density at radius 1 is 1.45 bits per heavy atom. The average Bonchev–Trinajstić information content (AvgIpc) is 2.37. The highest BCUT2D eigenvalue weighted by Crippen LogP contribution is 2.45. The van der Waals surface area contributed by atoms with Crippen molar-refractivity contribution in [3.63, 3.8) is 0 Å². The molecule has 1 aromatic rings. The summed E-state index contributed by atoms with van der Waals surface area (Å²) in [4.78, 5) is 12.3. The highest BCUT2D eigenvalue weighted by atomic mass is 35.5. The third-order valence-electron chi connectivity index (χ3n) is 3.20. The molecule has 20 heavy (non-hydrogen) atoms. The molecule has 4 nitrogen and oxygen atoms in total. The van der Waals surface area contributed by atoms with E-state index in [9.17, 15) is 4.79 Å². The number of fused-ring (bicyclic) bond motifs is 1. The first-order chi connectivity index (χ1) is 9.43. The van der Waals surface area contributed by atoms with Crippen molar-refractivity contribution in [2.45, 2.75) is 38.7 Å². The van der Waals surface area contributed by atoms with Gasteiger partial charge in [-0.15, -0.1) is 11.6 Å². The van der Waals surface area contributed by atoms with E-state index < -0.39 is 5.60 Å². The zero-order chi connectivity index (χ0) is 14.9. The summed E-state index contributed by atoms with van der Waals surface area (Å²) >= 11 is 6.05. The molecule has 0 amide bonds. The van der Waals surface area contributed by atoms with Gasteiger partial charge in [-0.25, -0.2) is 0 Å². The van der Waals surface area contributed by atoms with Crippen molar-refractivity contribution >= 4 is 17.4 Å². The molecule has 0 saturated carbocycles. The maximum Gasteiger partial charge on any atom is 0.170 e. The molecule has 0 atom stereocenters. The molecule has 0 fully saturated rings. The van der Waals surface area contributed by atoms with E-state index in [-0.39, 0.29) is 11.7 Å². The Kier molecular flexibility index (Phi) is 4.14. The molecule has 110 valence electrons. The molecule has 1 aliphatic rings. The minimum Gasteiger partial charge on any atom is -0.493 e. The van der Waals surface area contributed by atoms with Crippen LogP contribution in [0.4, 0.5) is 0 Å². The molecule has 0 aliphatic carbocycles. The quantitative estimate of drug-likeness (QED) is 0.797. The van der Waals surface area contributed by atoms with Crippen molar-refractivity contribution in [3.8, 4) is 17.2 Å². The van der Waals surface area contributed by atoms with Gasteiger partial charge in [-0.2, -0.15) is 0 Å². The molecular weight excluding hydrogens is 280 g/mol. The van der Waals surface area contributed by atoms with E-state index in [1.165, 1.54) is 0 Å². The van der Waals surface area contributed by atoms with Gasteiger partial charge in [-0.3, -0.25) is 4.79 Å². The van der Waals surface area contributed by atoms with Crippen LogP contribution in [0.5, 0.6) is 17.2 Å². The van der Waals surface area contributed by atoms with E-state index in [0.29, 0.717) is 41.4 Å². The number of carbonyl (C=O) groups excluding carboxylic acids is 1. The number of alkyl halides is 1. The lowest BCUT2D eigenvalue weighted by Crippen LogP contribution is -2.36. The summed E-state index contributed by atoms with van der Waals surface area (Å²) in [6, 6.07) is 1.67. The van der Waals surface area contributed by atoms with Gasteiger partial charge in [0.25, 0.3) is 0 Å². The minimum atomic E-state index is -0.539. The molecule has 0 saturated heterocycles. The largest absolute Gasteiger partial charge is 0.493 e. The Hall–Kier alpha value is -1.42. The SMILES string of the molecule is CCOc1c(OC)cc2c(c1CCl)OC(C)(C)CC2=O. The number of hydrogen-bond donors (Lipinski definition) is 0. The van der Waals surface area contributed by atoms with Gasteiger partial charge in [-0.05, 0) is 26.8 Å². The number of ketones is 1. The van der Waals surface area contributed by atoms with Gasteiger partial charge in [0.1, 0.15) is 11.4 Å². The molecule has 0 spiro atoms. The average molecular weight is 299 g/mol. The van der Waals surface area contributed by atoms with E-state index >= 15 is 0 Å². The first-order valence-corrected chi connectivity index (χ1v) is 7.11. The summed E-state index contributed by atoms with van der Waals surface area (Å²) in [5, 5.41) is 0. The van der Waals surface area contributed by atoms with E-state index in [1.54, 1.807) is 13.2 Å². The predicted octanol–water partition coefficient (Wildman–Crippen LogP) is 3.58.